The average molecular weight is 293 g/mol. The maximum Gasteiger partial charge on any atom is 0.255 e. The maximum absolute atomic E-state index is 12.7. The molecule has 1 aromatic rings. The van der Waals surface area contributed by atoms with Crippen molar-refractivity contribution in [2.75, 3.05) is 27.2 Å². The van der Waals surface area contributed by atoms with Gasteiger partial charge in [-0.25, -0.2) is 0 Å². The van der Waals surface area contributed by atoms with E-state index in [9.17, 15) is 4.79 Å². The summed E-state index contributed by atoms with van der Waals surface area (Å²) in [6.07, 6.45) is 0.941. The normalized spacial score (nSPS) is 29.6. The molecule has 2 atom stereocenters. The molecular formula is C16H21ClN2O. The largest absolute Gasteiger partial charge is 0.334 e. The first-order chi connectivity index (χ1) is 9.38. The lowest BCUT2D eigenvalue weighted by Gasteiger charge is -2.45. The molecule has 2 aliphatic heterocycles. The van der Waals surface area contributed by atoms with E-state index in [2.05, 4.69) is 31.9 Å². The summed E-state index contributed by atoms with van der Waals surface area (Å²) in [5.74, 6) is 0.399. The lowest BCUT2D eigenvalue weighted by atomic mass is 9.76. The Labute approximate surface area is 125 Å². The highest BCUT2D eigenvalue weighted by Gasteiger charge is 2.52. The van der Waals surface area contributed by atoms with Gasteiger partial charge in [-0.15, -0.1) is 0 Å². The molecule has 0 radical (unpaired) electrons. The Kier molecular flexibility index (Phi) is 3.11. The number of hydrogen-bond donors (Lipinski definition) is 0. The molecule has 108 valence electrons. The van der Waals surface area contributed by atoms with E-state index >= 15 is 0 Å². The fraction of sp³-hybridized carbons (Fsp3) is 0.562. The minimum atomic E-state index is -0.130. The molecule has 1 fully saturated rings. The van der Waals surface area contributed by atoms with Gasteiger partial charge in [0.2, 0.25) is 0 Å². The van der Waals surface area contributed by atoms with Gasteiger partial charge in [-0.05, 0) is 37.6 Å². The van der Waals surface area contributed by atoms with Crippen LogP contribution in [0.15, 0.2) is 12.1 Å². The highest BCUT2D eigenvalue weighted by molar-refractivity contribution is 6.34. The van der Waals surface area contributed by atoms with Crippen LogP contribution in [0.2, 0.25) is 5.02 Å². The van der Waals surface area contributed by atoms with Gasteiger partial charge >= 0.3 is 0 Å². The summed E-state index contributed by atoms with van der Waals surface area (Å²) in [5, 5.41) is 0.604. The van der Waals surface area contributed by atoms with Gasteiger partial charge in [-0.1, -0.05) is 24.6 Å². The summed E-state index contributed by atoms with van der Waals surface area (Å²) in [4.78, 5) is 16.9. The highest BCUT2D eigenvalue weighted by Crippen LogP contribution is 2.46. The quantitative estimate of drug-likeness (QED) is 0.795. The first-order valence-corrected chi connectivity index (χ1v) is 7.55. The number of carbonyl (C=O) groups excluding carboxylic acids is 1. The highest BCUT2D eigenvalue weighted by atomic mass is 35.5. The van der Waals surface area contributed by atoms with Gasteiger partial charge in [0.25, 0.3) is 5.91 Å². The topological polar surface area (TPSA) is 23.6 Å². The molecule has 3 nitrogen and oxygen atoms in total. The molecular weight excluding hydrogens is 272 g/mol. The van der Waals surface area contributed by atoms with Gasteiger partial charge in [0, 0.05) is 26.1 Å². The van der Waals surface area contributed by atoms with Gasteiger partial charge < -0.3 is 9.80 Å². The average Bonchev–Trinajstić information content (AvgIpc) is 2.71. The molecule has 0 aromatic heterocycles. The summed E-state index contributed by atoms with van der Waals surface area (Å²) in [6.45, 7) is 6.20. The molecule has 0 aliphatic carbocycles. The molecule has 0 unspecified atom stereocenters. The maximum atomic E-state index is 12.7. The van der Waals surface area contributed by atoms with Crippen LogP contribution in [0.1, 0.15) is 41.3 Å². The van der Waals surface area contributed by atoms with E-state index in [0.29, 0.717) is 16.5 Å². The molecule has 0 spiro atoms. The van der Waals surface area contributed by atoms with Crippen molar-refractivity contribution in [1.29, 1.82) is 0 Å². The molecule has 2 aliphatic rings. The van der Waals surface area contributed by atoms with Crippen molar-refractivity contribution in [1.82, 2.24) is 9.80 Å². The molecule has 3 rings (SSSR count). The number of benzene rings is 1. The van der Waals surface area contributed by atoms with Crippen LogP contribution in [0.25, 0.3) is 0 Å². The van der Waals surface area contributed by atoms with Crippen LogP contribution < -0.4 is 0 Å². The zero-order valence-electron chi connectivity index (χ0n) is 12.5. The molecule has 0 bridgehead atoms. The smallest absolute Gasteiger partial charge is 0.255 e. The summed E-state index contributed by atoms with van der Waals surface area (Å²) >= 11 is 6.40. The number of fused-ring (bicyclic) bond motifs is 3. The second-order valence-corrected chi connectivity index (χ2v) is 6.77. The van der Waals surface area contributed by atoms with E-state index in [-0.39, 0.29) is 11.4 Å². The minimum Gasteiger partial charge on any atom is -0.334 e. The van der Waals surface area contributed by atoms with Crippen LogP contribution >= 0.6 is 11.6 Å². The van der Waals surface area contributed by atoms with Gasteiger partial charge in [0.05, 0.1) is 16.1 Å². The monoisotopic (exact) mass is 292 g/mol. The molecule has 20 heavy (non-hydrogen) atoms. The van der Waals surface area contributed by atoms with Crippen molar-refractivity contribution in [3.63, 3.8) is 0 Å². The molecule has 1 amide bonds. The Balaban J connectivity index is 2.24. The predicted molar refractivity (Wildman–Crippen MR) is 81.6 cm³/mol. The fourth-order valence-corrected chi connectivity index (χ4v) is 4.12. The Morgan fingerprint density at radius 3 is 2.75 bits per heavy atom. The second-order valence-electron chi connectivity index (χ2n) is 6.37. The molecule has 4 heteroatoms. The van der Waals surface area contributed by atoms with E-state index in [1.165, 1.54) is 5.56 Å². The molecule has 1 aromatic carbocycles. The summed E-state index contributed by atoms with van der Waals surface area (Å²) in [6, 6.07) is 4.13. The fourth-order valence-electron chi connectivity index (χ4n) is 3.79. The summed E-state index contributed by atoms with van der Waals surface area (Å²) < 4.78 is 0. The van der Waals surface area contributed by atoms with Gasteiger partial charge in [-0.3, -0.25) is 4.79 Å². The van der Waals surface area contributed by atoms with E-state index in [4.69, 9.17) is 11.6 Å². The third kappa shape index (κ3) is 1.73. The number of likely N-dealkylation sites (N-methyl/N-ethyl adjacent to an activating group) is 2. The van der Waals surface area contributed by atoms with Crippen molar-refractivity contribution in [2.45, 2.75) is 31.7 Å². The van der Waals surface area contributed by atoms with Crippen LogP contribution in [0.4, 0.5) is 0 Å². The van der Waals surface area contributed by atoms with E-state index in [1.807, 2.05) is 18.0 Å². The van der Waals surface area contributed by atoms with Crippen molar-refractivity contribution in [3.8, 4) is 0 Å². The van der Waals surface area contributed by atoms with Crippen LogP contribution in [0.5, 0.6) is 0 Å². The minimum absolute atomic E-state index is 0.0571. The first kappa shape index (κ1) is 13.9. The number of carbonyl (C=O) groups is 1. The van der Waals surface area contributed by atoms with Gasteiger partial charge in [0.15, 0.2) is 0 Å². The van der Waals surface area contributed by atoms with E-state index in [1.54, 1.807) is 0 Å². The third-order valence-corrected chi connectivity index (χ3v) is 5.38. The Morgan fingerprint density at radius 2 is 2.10 bits per heavy atom. The number of hydrogen-bond acceptors (Lipinski definition) is 2. The third-order valence-electron chi connectivity index (χ3n) is 5.08. The lowest BCUT2D eigenvalue weighted by molar-refractivity contribution is 0.0544. The van der Waals surface area contributed by atoms with Crippen molar-refractivity contribution < 1.29 is 4.79 Å². The SMILES string of the molecule is CCc1cc(Cl)c2c(c1)[C@H]1CN(C)C[C@]1(C)N(C)C2=O. The van der Waals surface area contributed by atoms with E-state index in [0.717, 1.165) is 25.1 Å². The molecule has 2 heterocycles. The van der Waals surface area contributed by atoms with Crippen LogP contribution in [-0.2, 0) is 6.42 Å². The van der Waals surface area contributed by atoms with Crippen LogP contribution in [0.3, 0.4) is 0 Å². The Bertz CT molecular complexity index is 586. The number of rotatable bonds is 1. The number of amides is 1. The van der Waals surface area contributed by atoms with Crippen molar-refractivity contribution in [2.24, 2.45) is 0 Å². The zero-order chi connectivity index (χ0) is 14.7. The Hall–Kier alpha value is -1.06. The lowest BCUT2D eigenvalue weighted by Crippen LogP contribution is -2.55. The van der Waals surface area contributed by atoms with Crippen LogP contribution in [0, 0.1) is 0 Å². The molecule has 0 N–H and O–H groups in total. The Morgan fingerprint density at radius 1 is 1.40 bits per heavy atom. The van der Waals surface area contributed by atoms with Crippen molar-refractivity contribution in [3.05, 3.63) is 33.8 Å². The van der Waals surface area contributed by atoms with Crippen molar-refractivity contribution >= 4 is 17.5 Å². The van der Waals surface area contributed by atoms with Gasteiger partial charge in [0.1, 0.15) is 0 Å². The summed E-state index contributed by atoms with van der Waals surface area (Å²) in [7, 11) is 4.02. The summed E-state index contributed by atoms with van der Waals surface area (Å²) in [5.41, 5.74) is 2.94. The van der Waals surface area contributed by atoms with E-state index < -0.39 is 0 Å². The number of aryl methyl sites for hydroxylation is 1. The van der Waals surface area contributed by atoms with Gasteiger partial charge in [-0.2, -0.15) is 0 Å². The molecule has 0 saturated carbocycles. The molecule has 1 saturated heterocycles. The van der Waals surface area contributed by atoms with Crippen LogP contribution in [-0.4, -0.2) is 48.4 Å². The standard InChI is InChI=1S/C16H21ClN2O/c1-5-10-6-11-12-8-18(3)9-16(12,2)19(4)15(20)14(11)13(17)7-10/h6-7,12H,5,8-9H2,1-4H3/t12-,16+/m1/s1. The number of nitrogens with zero attached hydrogens (tertiary/aromatic N) is 2. The first-order valence-electron chi connectivity index (χ1n) is 7.17. The second kappa shape index (κ2) is 4.47. The number of likely N-dealkylation sites (tertiary alicyclic amines) is 1. The predicted octanol–water partition coefficient (Wildman–Crippen LogP) is 2.78. The zero-order valence-corrected chi connectivity index (χ0v) is 13.3. The number of halogens is 1.